The Morgan fingerprint density at radius 3 is 2.71 bits per heavy atom. The number of rotatable bonds is 2. The highest BCUT2D eigenvalue weighted by atomic mass is 19.1. The Balaban J connectivity index is 2.46. The van der Waals surface area contributed by atoms with Crippen molar-refractivity contribution in [2.75, 3.05) is 14.1 Å². The van der Waals surface area contributed by atoms with E-state index in [0.29, 0.717) is 0 Å². The minimum atomic E-state index is -0.572. The molecule has 0 bridgehead atoms. The maximum absolute atomic E-state index is 13.6. The number of benzene rings is 1. The molecule has 0 unspecified atom stereocenters. The van der Waals surface area contributed by atoms with Crippen molar-refractivity contribution in [3.8, 4) is 0 Å². The van der Waals surface area contributed by atoms with E-state index in [-0.39, 0.29) is 16.8 Å². The molecular formula is C12H11FN2O2. The van der Waals surface area contributed by atoms with Crippen LogP contribution in [0.1, 0.15) is 5.56 Å². The van der Waals surface area contributed by atoms with Crippen molar-refractivity contribution in [2.24, 2.45) is 5.16 Å². The van der Waals surface area contributed by atoms with Crippen LogP contribution in [0.15, 0.2) is 41.2 Å². The molecule has 17 heavy (non-hydrogen) atoms. The largest absolute Gasteiger partial charge is 0.383 e. The van der Waals surface area contributed by atoms with Gasteiger partial charge in [0, 0.05) is 25.9 Å². The molecule has 0 saturated carbocycles. The summed E-state index contributed by atoms with van der Waals surface area (Å²) in [5.41, 5.74) is 0.730. The Labute approximate surface area is 98.0 Å². The molecule has 0 saturated heterocycles. The summed E-state index contributed by atoms with van der Waals surface area (Å²) in [6.07, 6.45) is 1.56. The number of carbonyl (C=O) groups is 1. The summed E-state index contributed by atoms with van der Waals surface area (Å²) >= 11 is 0. The summed E-state index contributed by atoms with van der Waals surface area (Å²) in [7, 11) is 3.52. The third kappa shape index (κ3) is 2.18. The third-order valence-corrected chi connectivity index (χ3v) is 2.21. The first-order valence-electron chi connectivity index (χ1n) is 5.02. The van der Waals surface area contributed by atoms with E-state index in [1.54, 1.807) is 43.4 Å². The van der Waals surface area contributed by atoms with Crippen molar-refractivity contribution in [1.82, 2.24) is 4.90 Å². The predicted molar refractivity (Wildman–Crippen MR) is 60.8 cm³/mol. The molecule has 0 amide bonds. The lowest BCUT2D eigenvalue weighted by molar-refractivity contribution is -0.136. The highest BCUT2D eigenvalue weighted by molar-refractivity contribution is 6.28. The van der Waals surface area contributed by atoms with Crippen molar-refractivity contribution in [2.45, 2.75) is 0 Å². The lowest BCUT2D eigenvalue weighted by Crippen LogP contribution is -2.13. The summed E-state index contributed by atoms with van der Waals surface area (Å²) in [4.78, 5) is 17.7. The summed E-state index contributed by atoms with van der Waals surface area (Å²) in [5.74, 6) is -1.01. The van der Waals surface area contributed by atoms with E-state index in [4.69, 9.17) is 0 Å². The van der Waals surface area contributed by atoms with E-state index in [9.17, 15) is 9.18 Å². The SMILES string of the molecule is CN(C)/C=C1\C(=O)ON=C1c1ccccc1F. The normalized spacial score (nSPS) is 17.0. The van der Waals surface area contributed by atoms with Gasteiger partial charge in [0.25, 0.3) is 0 Å². The van der Waals surface area contributed by atoms with Crippen LogP contribution in [0.5, 0.6) is 0 Å². The van der Waals surface area contributed by atoms with Gasteiger partial charge < -0.3 is 9.74 Å². The number of nitrogens with zero attached hydrogens (tertiary/aromatic N) is 2. The first-order chi connectivity index (χ1) is 8.09. The summed E-state index contributed by atoms with van der Waals surface area (Å²) in [6, 6.07) is 6.12. The van der Waals surface area contributed by atoms with Crippen LogP contribution in [0.4, 0.5) is 4.39 Å². The molecule has 1 heterocycles. The van der Waals surface area contributed by atoms with Gasteiger partial charge in [0.2, 0.25) is 0 Å². The molecule has 88 valence electrons. The van der Waals surface area contributed by atoms with E-state index in [0.717, 1.165) is 0 Å². The average Bonchev–Trinajstić information content (AvgIpc) is 2.61. The van der Waals surface area contributed by atoms with Gasteiger partial charge >= 0.3 is 5.97 Å². The van der Waals surface area contributed by atoms with Gasteiger partial charge in [0.1, 0.15) is 17.1 Å². The molecule has 0 N–H and O–H groups in total. The monoisotopic (exact) mass is 234 g/mol. The number of oxime groups is 1. The summed E-state index contributed by atoms with van der Waals surface area (Å²) in [5, 5.41) is 3.61. The summed E-state index contributed by atoms with van der Waals surface area (Å²) < 4.78 is 13.6. The zero-order chi connectivity index (χ0) is 12.4. The minimum absolute atomic E-state index is 0.224. The van der Waals surface area contributed by atoms with Gasteiger partial charge in [0.15, 0.2) is 0 Å². The fraction of sp³-hybridized carbons (Fsp3) is 0.167. The van der Waals surface area contributed by atoms with E-state index < -0.39 is 11.8 Å². The van der Waals surface area contributed by atoms with Gasteiger partial charge in [-0.3, -0.25) is 0 Å². The maximum Gasteiger partial charge on any atom is 0.369 e. The molecule has 0 atom stereocenters. The molecule has 0 radical (unpaired) electrons. The first-order valence-corrected chi connectivity index (χ1v) is 5.02. The minimum Gasteiger partial charge on any atom is -0.383 e. The van der Waals surface area contributed by atoms with Crippen molar-refractivity contribution in [3.63, 3.8) is 0 Å². The van der Waals surface area contributed by atoms with Crippen LogP contribution in [0, 0.1) is 5.82 Å². The zero-order valence-corrected chi connectivity index (χ0v) is 9.48. The highest BCUT2D eigenvalue weighted by Crippen LogP contribution is 2.20. The fourth-order valence-corrected chi connectivity index (χ4v) is 1.50. The molecule has 0 spiro atoms. The van der Waals surface area contributed by atoms with Crippen molar-refractivity contribution >= 4 is 11.7 Å². The molecule has 1 aliphatic rings. The van der Waals surface area contributed by atoms with Gasteiger partial charge in [-0.15, -0.1) is 0 Å². The van der Waals surface area contributed by atoms with Crippen LogP contribution in [-0.4, -0.2) is 30.7 Å². The zero-order valence-electron chi connectivity index (χ0n) is 9.48. The van der Waals surface area contributed by atoms with E-state index in [1.807, 2.05) is 0 Å². The quantitative estimate of drug-likeness (QED) is 0.575. The lowest BCUT2D eigenvalue weighted by Gasteiger charge is -2.06. The highest BCUT2D eigenvalue weighted by Gasteiger charge is 2.28. The van der Waals surface area contributed by atoms with Gasteiger partial charge in [-0.2, -0.15) is 0 Å². The topological polar surface area (TPSA) is 41.9 Å². The second kappa shape index (κ2) is 4.37. The molecule has 1 aliphatic heterocycles. The second-order valence-electron chi connectivity index (χ2n) is 3.80. The molecular weight excluding hydrogens is 223 g/mol. The van der Waals surface area contributed by atoms with Crippen molar-refractivity contribution in [1.29, 1.82) is 0 Å². The molecule has 2 rings (SSSR count). The second-order valence-corrected chi connectivity index (χ2v) is 3.80. The van der Waals surface area contributed by atoms with E-state index >= 15 is 0 Å². The van der Waals surface area contributed by atoms with Crippen LogP contribution in [0.25, 0.3) is 0 Å². The van der Waals surface area contributed by atoms with Gasteiger partial charge in [0.05, 0.1) is 0 Å². The first kappa shape index (κ1) is 11.3. The van der Waals surface area contributed by atoms with E-state index in [2.05, 4.69) is 9.99 Å². The number of carbonyl (C=O) groups excluding carboxylic acids is 1. The Bertz CT molecular complexity index is 521. The van der Waals surface area contributed by atoms with E-state index in [1.165, 1.54) is 6.07 Å². The number of halogens is 1. The molecule has 0 fully saturated rings. The fourth-order valence-electron chi connectivity index (χ4n) is 1.50. The molecule has 0 aromatic heterocycles. The van der Waals surface area contributed by atoms with Crippen LogP contribution in [0.2, 0.25) is 0 Å². The van der Waals surface area contributed by atoms with Gasteiger partial charge in [-0.1, -0.05) is 17.3 Å². The number of hydrogen-bond donors (Lipinski definition) is 0. The van der Waals surface area contributed by atoms with Gasteiger partial charge in [-0.05, 0) is 12.1 Å². The Morgan fingerprint density at radius 2 is 2.06 bits per heavy atom. The summed E-state index contributed by atoms with van der Waals surface area (Å²) in [6.45, 7) is 0. The Kier molecular flexibility index (Phi) is 2.91. The lowest BCUT2D eigenvalue weighted by atomic mass is 10.0. The van der Waals surface area contributed by atoms with Crippen LogP contribution in [0.3, 0.4) is 0 Å². The van der Waals surface area contributed by atoms with Crippen LogP contribution < -0.4 is 0 Å². The molecule has 1 aromatic rings. The predicted octanol–water partition coefficient (Wildman–Crippen LogP) is 1.53. The molecule has 4 nitrogen and oxygen atoms in total. The average molecular weight is 234 g/mol. The van der Waals surface area contributed by atoms with Crippen LogP contribution >= 0.6 is 0 Å². The maximum atomic E-state index is 13.6. The Morgan fingerprint density at radius 1 is 1.35 bits per heavy atom. The molecule has 0 aliphatic carbocycles. The molecule has 5 heteroatoms. The van der Waals surface area contributed by atoms with Crippen LogP contribution in [-0.2, 0) is 9.63 Å². The smallest absolute Gasteiger partial charge is 0.369 e. The standard InChI is InChI=1S/C12H11FN2O2/c1-15(2)7-9-11(14-17-12(9)16)8-5-3-4-6-10(8)13/h3-7H,1-2H3/b9-7-. The molecule has 1 aromatic carbocycles. The van der Waals surface area contributed by atoms with Gasteiger partial charge in [-0.25, -0.2) is 9.18 Å². The third-order valence-electron chi connectivity index (χ3n) is 2.21. The van der Waals surface area contributed by atoms with Crippen molar-refractivity contribution in [3.05, 3.63) is 47.4 Å². The van der Waals surface area contributed by atoms with Crippen molar-refractivity contribution < 1.29 is 14.0 Å². The Hall–Kier alpha value is -2.17. The number of hydrogen-bond acceptors (Lipinski definition) is 4.